The first kappa shape index (κ1) is 37.4. The number of fused-ring (bicyclic) bond motifs is 2. The number of halogens is 5. The van der Waals surface area contributed by atoms with Gasteiger partial charge in [0.25, 0.3) is 11.8 Å². The van der Waals surface area contributed by atoms with Crippen LogP contribution in [-0.2, 0) is 28.7 Å². The van der Waals surface area contributed by atoms with E-state index in [2.05, 4.69) is 5.32 Å². The molecule has 0 spiro atoms. The second-order valence-corrected chi connectivity index (χ2v) is 12.9. The molecule has 4 amide bonds. The number of nitrogens with two attached hydrogens (primary N) is 1. The van der Waals surface area contributed by atoms with Gasteiger partial charge in [0.1, 0.15) is 5.58 Å². The Balaban J connectivity index is 1.26. The summed E-state index contributed by atoms with van der Waals surface area (Å²) in [5.41, 5.74) is 6.07. The predicted octanol–water partition coefficient (Wildman–Crippen LogP) is 6.29. The Bertz CT molecular complexity index is 2380. The SMILES string of the molecule is Cc1ccc2oc(C(=O)Nc3ccc4c(c3)C(=O)N(CCC(=O)N(CC(N)=O)Cc3cccc(C(F)(F)F)c3)C(c3ccc(F)c(F)c3)C4)cc(=O)c2c1. The second-order valence-electron chi connectivity index (χ2n) is 12.9. The topological polar surface area (TPSA) is 143 Å². The van der Waals surface area contributed by atoms with E-state index < -0.39 is 78.0 Å². The number of rotatable bonds is 10. The number of carbonyl (C=O) groups excluding carboxylic acids is 4. The molecule has 1 atom stereocenters. The van der Waals surface area contributed by atoms with E-state index in [0.29, 0.717) is 10.9 Å². The van der Waals surface area contributed by atoms with Crippen LogP contribution >= 0.6 is 0 Å². The number of hydrogen-bond donors (Lipinski definition) is 2. The minimum Gasteiger partial charge on any atom is -0.451 e. The van der Waals surface area contributed by atoms with Gasteiger partial charge in [-0.05, 0) is 78.6 Å². The number of aryl methyl sites for hydroxylation is 1. The minimum absolute atomic E-state index is 0.0784. The molecule has 2 heterocycles. The van der Waals surface area contributed by atoms with Crippen molar-refractivity contribution in [3.8, 4) is 0 Å². The Hall–Kier alpha value is -6.38. The largest absolute Gasteiger partial charge is 0.451 e. The monoisotopic (exact) mass is 746 g/mol. The second kappa shape index (κ2) is 14.9. The van der Waals surface area contributed by atoms with E-state index >= 15 is 0 Å². The van der Waals surface area contributed by atoms with E-state index in [1.54, 1.807) is 31.2 Å². The van der Waals surface area contributed by atoms with Gasteiger partial charge in [-0.3, -0.25) is 24.0 Å². The van der Waals surface area contributed by atoms with Crippen molar-refractivity contribution in [3.63, 3.8) is 0 Å². The van der Waals surface area contributed by atoms with Crippen molar-refractivity contribution in [2.24, 2.45) is 5.73 Å². The van der Waals surface area contributed by atoms with Crippen LogP contribution in [-0.4, -0.2) is 46.5 Å². The van der Waals surface area contributed by atoms with Crippen LogP contribution in [0.3, 0.4) is 0 Å². The lowest BCUT2D eigenvalue weighted by atomic mass is 9.88. The summed E-state index contributed by atoms with van der Waals surface area (Å²) >= 11 is 0. The van der Waals surface area contributed by atoms with Gasteiger partial charge in [0.05, 0.1) is 23.5 Å². The lowest BCUT2D eigenvalue weighted by molar-refractivity contribution is -0.137. The van der Waals surface area contributed by atoms with Gasteiger partial charge in [0.2, 0.25) is 11.8 Å². The van der Waals surface area contributed by atoms with E-state index in [0.717, 1.165) is 46.9 Å². The van der Waals surface area contributed by atoms with Crippen LogP contribution in [0, 0.1) is 18.6 Å². The average molecular weight is 747 g/mol. The van der Waals surface area contributed by atoms with E-state index in [-0.39, 0.29) is 46.7 Å². The number of carbonyl (C=O) groups is 4. The normalized spacial score (nSPS) is 14.1. The van der Waals surface area contributed by atoms with Crippen molar-refractivity contribution in [2.45, 2.75) is 38.5 Å². The van der Waals surface area contributed by atoms with Crippen molar-refractivity contribution in [3.05, 3.63) is 146 Å². The van der Waals surface area contributed by atoms with Crippen molar-refractivity contribution in [2.75, 3.05) is 18.4 Å². The van der Waals surface area contributed by atoms with Crippen LogP contribution < -0.4 is 16.5 Å². The van der Waals surface area contributed by atoms with E-state index in [1.165, 1.54) is 29.2 Å². The first-order valence-corrected chi connectivity index (χ1v) is 16.5. The molecular formula is C39H31F5N4O6. The molecule has 0 radical (unpaired) electrons. The number of amides is 4. The van der Waals surface area contributed by atoms with Crippen LogP contribution in [0.1, 0.15) is 61.2 Å². The Kier molecular flexibility index (Phi) is 10.3. The van der Waals surface area contributed by atoms with E-state index in [4.69, 9.17) is 10.2 Å². The zero-order valence-corrected chi connectivity index (χ0v) is 28.5. The number of alkyl halides is 3. The first-order chi connectivity index (χ1) is 25.6. The van der Waals surface area contributed by atoms with Crippen LogP contribution in [0.15, 0.2) is 94.1 Å². The Morgan fingerprint density at radius 3 is 2.44 bits per heavy atom. The van der Waals surface area contributed by atoms with Gasteiger partial charge in [-0.1, -0.05) is 35.9 Å². The quantitative estimate of drug-likeness (QED) is 0.161. The average Bonchev–Trinajstić information content (AvgIpc) is 3.12. The van der Waals surface area contributed by atoms with Gasteiger partial charge in [0.15, 0.2) is 22.8 Å². The molecule has 0 bridgehead atoms. The fraction of sp³-hybridized carbons (Fsp3) is 0.205. The summed E-state index contributed by atoms with van der Waals surface area (Å²) in [5, 5.41) is 2.91. The maximum absolute atomic E-state index is 14.4. The third-order valence-corrected chi connectivity index (χ3v) is 8.98. The molecule has 10 nitrogen and oxygen atoms in total. The van der Waals surface area contributed by atoms with Crippen LogP contribution in [0.4, 0.5) is 27.6 Å². The van der Waals surface area contributed by atoms with Crippen molar-refractivity contribution in [1.82, 2.24) is 9.80 Å². The molecule has 1 aliphatic rings. The fourth-order valence-corrected chi connectivity index (χ4v) is 6.36. The molecule has 1 unspecified atom stereocenters. The van der Waals surface area contributed by atoms with Crippen LogP contribution in [0.2, 0.25) is 0 Å². The molecule has 0 saturated carbocycles. The summed E-state index contributed by atoms with van der Waals surface area (Å²) in [6, 6.07) is 16.9. The maximum Gasteiger partial charge on any atom is 0.416 e. The van der Waals surface area contributed by atoms with Gasteiger partial charge >= 0.3 is 6.18 Å². The summed E-state index contributed by atoms with van der Waals surface area (Å²) in [7, 11) is 0. The summed E-state index contributed by atoms with van der Waals surface area (Å²) < 4.78 is 74.0. The fourth-order valence-electron chi connectivity index (χ4n) is 6.36. The molecule has 0 aliphatic carbocycles. The van der Waals surface area contributed by atoms with Gasteiger partial charge in [-0.2, -0.15) is 13.2 Å². The number of hydrogen-bond acceptors (Lipinski definition) is 6. The first-order valence-electron chi connectivity index (χ1n) is 16.5. The molecule has 1 aliphatic heterocycles. The number of anilines is 1. The zero-order chi connectivity index (χ0) is 38.9. The summed E-state index contributed by atoms with van der Waals surface area (Å²) in [4.78, 5) is 67.6. The molecule has 4 aromatic carbocycles. The number of nitrogens with zero attached hydrogens (tertiary/aromatic N) is 2. The highest BCUT2D eigenvalue weighted by Crippen LogP contribution is 2.36. The van der Waals surface area contributed by atoms with E-state index in [9.17, 15) is 45.9 Å². The lowest BCUT2D eigenvalue weighted by Crippen LogP contribution is -2.44. The highest BCUT2D eigenvalue weighted by atomic mass is 19.4. The number of nitrogens with one attached hydrogen (secondary N) is 1. The van der Waals surface area contributed by atoms with Crippen LogP contribution in [0.5, 0.6) is 0 Å². The summed E-state index contributed by atoms with van der Waals surface area (Å²) in [5.74, 6) is -5.60. The van der Waals surface area contributed by atoms with Crippen molar-refractivity contribution < 1.29 is 45.5 Å². The summed E-state index contributed by atoms with van der Waals surface area (Å²) in [6.45, 7) is 0.476. The molecule has 0 fully saturated rings. The molecule has 278 valence electrons. The molecule has 6 rings (SSSR count). The highest BCUT2D eigenvalue weighted by Gasteiger charge is 2.35. The van der Waals surface area contributed by atoms with Gasteiger partial charge in [-0.25, -0.2) is 8.78 Å². The van der Waals surface area contributed by atoms with Crippen molar-refractivity contribution in [1.29, 1.82) is 0 Å². The van der Waals surface area contributed by atoms with Crippen molar-refractivity contribution >= 4 is 40.3 Å². The number of benzene rings is 4. The van der Waals surface area contributed by atoms with Gasteiger partial charge in [0, 0.05) is 36.8 Å². The minimum atomic E-state index is -4.65. The van der Waals surface area contributed by atoms with Crippen LogP contribution in [0.25, 0.3) is 11.0 Å². The molecule has 5 aromatic rings. The molecule has 15 heteroatoms. The zero-order valence-electron chi connectivity index (χ0n) is 28.5. The molecule has 54 heavy (non-hydrogen) atoms. The summed E-state index contributed by atoms with van der Waals surface area (Å²) in [6.07, 6.45) is -4.99. The standard InChI is InChI=1S/C39H31F5N4O6/c1-21-5-10-33-28(13-21)32(49)18-34(54-33)37(52)46-26-8-6-23-16-31(24-7-9-29(40)30(41)15-24)48(38(53)27(23)17-26)12-11-36(51)47(20-35(45)50)19-22-3-2-4-25(14-22)39(42,43)44/h2-10,13-15,17-18,31H,11-12,16,19-20H2,1H3,(H2,45,50)(H,46,52). The highest BCUT2D eigenvalue weighted by molar-refractivity contribution is 6.04. The molecule has 0 saturated heterocycles. The Morgan fingerprint density at radius 2 is 1.72 bits per heavy atom. The van der Waals surface area contributed by atoms with Gasteiger partial charge < -0.3 is 25.3 Å². The Morgan fingerprint density at radius 1 is 0.944 bits per heavy atom. The lowest BCUT2D eigenvalue weighted by Gasteiger charge is -2.37. The smallest absolute Gasteiger partial charge is 0.416 e. The maximum atomic E-state index is 14.4. The Labute approximate surface area is 304 Å². The molecule has 1 aromatic heterocycles. The number of primary amides is 1. The third kappa shape index (κ3) is 8.14. The third-order valence-electron chi connectivity index (χ3n) is 8.98. The van der Waals surface area contributed by atoms with Gasteiger partial charge in [-0.15, -0.1) is 0 Å². The molecule has 3 N–H and O–H groups in total. The molecular weight excluding hydrogens is 715 g/mol. The predicted molar refractivity (Wildman–Crippen MR) is 186 cm³/mol. The van der Waals surface area contributed by atoms with E-state index in [1.807, 2.05) is 0 Å².